The number of fused-ring (bicyclic) bond motifs is 2. The standard InChI is InChI=1S/C23H23N5O4S/c1-33(30,31)28-10-9-16-3-5-18(13-21(16)28)27-15-25-20-7-6-19(26-23(20)27)17-4-8-22(24-14-17)32-12-2-11-29/h3-8,13-15,29H,2,9-12H2,1H3. The van der Waals surface area contributed by atoms with Crippen LogP contribution in [0.5, 0.6) is 5.88 Å². The Hall–Kier alpha value is -3.50. The molecular weight excluding hydrogens is 442 g/mol. The van der Waals surface area contributed by atoms with Crippen molar-refractivity contribution in [3.05, 3.63) is 60.6 Å². The van der Waals surface area contributed by atoms with Gasteiger partial charge in [-0.05, 0) is 42.3 Å². The molecule has 3 aromatic heterocycles. The van der Waals surface area contributed by atoms with E-state index in [0.717, 1.165) is 28.0 Å². The highest BCUT2D eigenvalue weighted by molar-refractivity contribution is 7.92. The van der Waals surface area contributed by atoms with Gasteiger partial charge in [-0.3, -0.25) is 8.87 Å². The van der Waals surface area contributed by atoms with Crippen molar-refractivity contribution in [1.82, 2.24) is 19.5 Å². The van der Waals surface area contributed by atoms with Gasteiger partial charge in [-0.25, -0.2) is 23.4 Å². The monoisotopic (exact) mass is 465 g/mol. The third-order valence-corrected chi connectivity index (χ3v) is 6.76. The first-order valence-corrected chi connectivity index (χ1v) is 12.4. The van der Waals surface area contributed by atoms with Crippen LogP contribution < -0.4 is 9.04 Å². The topological polar surface area (TPSA) is 110 Å². The van der Waals surface area contributed by atoms with Gasteiger partial charge in [-0.15, -0.1) is 0 Å². The van der Waals surface area contributed by atoms with Crippen LogP contribution >= 0.6 is 0 Å². The molecule has 0 aliphatic carbocycles. The van der Waals surface area contributed by atoms with Crippen LogP contribution in [0.4, 0.5) is 5.69 Å². The molecule has 0 spiro atoms. The molecule has 1 aliphatic rings. The number of aliphatic hydroxyl groups excluding tert-OH is 1. The maximum absolute atomic E-state index is 12.2. The number of ether oxygens (including phenoxy) is 1. The van der Waals surface area contributed by atoms with E-state index in [9.17, 15) is 8.42 Å². The van der Waals surface area contributed by atoms with Gasteiger partial charge >= 0.3 is 0 Å². The molecular formula is C23H23N5O4S. The number of anilines is 1. The van der Waals surface area contributed by atoms with E-state index in [1.807, 2.05) is 41.0 Å². The number of benzene rings is 1. The van der Waals surface area contributed by atoms with Crippen molar-refractivity contribution in [1.29, 1.82) is 0 Å². The van der Waals surface area contributed by atoms with Crippen LogP contribution in [0.1, 0.15) is 12.0 Å². The van der Waals surface area contributed by atoms with Crippen molar-refractivity contribution in [3.8, 4) is 22.8 Å². The fraction of sp³-hybridized carbons (Fsp3) is 0.261. The van der Waals surface area contributed by atoms with Crippen LogP contribution in [0.25, 0.3) is 28.1 Å². The molecule has 4 aromatic rings. The number of rotatable bonds is 7. The zero-order valence-corrected chi connectivity index (χ0v) is 18.9. The normalized spacial score (nSPS) is 13.5. The molecule has 33 heavy (non-hydrogen) atoms. The minimum absolute atomic E-state index is 0.0756. The van der Waals surface area contributed by atoms with Crippen LogP contribution in [0.15, 0.2) is 55.0 Å². The van der Waals surface area contributed by atoms with Gasteiger partial charge in [0.15, 0.2) is 5.65 Å². The summed E-state index contributed by atoms with van der Waals surface area (Å²) in [7, 11) is -3.33. The van der Waals surface area contributed by atoms with Crippen molar-refractivity contribution in [2.75, 3.05) is 30.3 Å². The summed E-state index contributed by atoms with van der Waals surface area (Å²) in [4.78, 5) is 13.6. The third kappa shape index (κ3) is 4.14. The largest absolute Gasteiger partial charge is 0.478 e. The van der Waals surface area contributed by atoms with Gasteiger partial charge in [-0.1, -0.05) is 6.07 Å². The van der Waals surface area contributed by atoms with Gasteiger partial charge in [0.1, 0.15) is 11.8 Å². The molecule has 0 unspecified atom stereocenters. The van der Waals surface area contributed by atoms with Crippen LogP contribution in [-0.4, -0.2) is 59.1 Å². The maximum Gasteiger partial charge on any atom is 0.232 e. The van der Waals surface area contributed by atoms with Crippen LogP contribution in [0, 0.1) is 0 Å². The Morgan fingerprint density at radius 1 is 1.12 bits per heavy atom. The highest BCUT2D eigenvalue weighted by Crippen LogP contribution is 2.33. The first-order chi connectivity index (χ1) is 15.9. The molecule has 4 heterocycles. The molecule has 0 saturated carbocycles. The van der Waals surface area contributed by atoms with Gasteiger partial charge in [0.25, 0.3) is 0 Å². The van der Waals surface area contributed by atoms with Crippen LogP contribution in [-0.2, 0) is 16.4 Å². The molecule has 1 aliphatic heterocycles. The number of imidazole rings is 1. The van der Waals surface area contributed by atoms with Crippen molar-refractivity contribution in [2.24, 2.45) is 0 Å². The average molecular weight is 466 g/mol. The lowest BCUT2D eigenvalue weighted by Crippen LogP contribution is -2.27. The Labute approximate surface area is 191 Å². The number of hydrogen-bond acceptors (Lipinski definition) is 7. The van der Waals surface area contributed by atoms with Crippen molar-refractivity contribution in [2.45, 2.75) is 12.8 Å². The maximum atomic E-state index is 12.2. The minimum atomic E-state index is -3.33. The van der Waals surface area contributed by atoms with Gasteiger partial charge in [0, 0.05) is 37.4 Å². The predicted octanol–water partition coefficient (Wildman–Crippen LogP) is 2.57. The van der Waals surface area contributed by atoms with Gasteiger partial charge in [0.2, 0.25) is 15.9 Å². The van der Waals surface area contributed by atoms with Gasteiger partial charge in [0.05, 0.1) is 29.9 Å². The summed E-state index contributed by atoms with van der Waals surface area (Å²) >= 11 is 0. The molecule has 0 saturated heterocycles. The quantitative estimate of drug-likeness (QED) is 0.418. The number of aliphatic hydroxyl groups is 1. The highest BCUT2D eigenvalue weighted by atomic mass is 32.2. The van der Waals surface area contributed by atoms with Crippen molar-refractivity contribution >= 4 is 26.9 Å². The summed E-state index contributed by atoms with van der Waals surface area (Å²) in [6.45, 7) is 0.938. The number of pyridine rings is 2. The Balaban J connectivity index is 1.49. The Morgan fingerprint density at radius 2 is 2.00 bits per heavy atom. The lowest BCUT2D eigenvalue weighted by atomic mass is 10.1. The van der Waals surface area contributed by atoms with E-state index in [0.29, 0.717) is 43.2 Å². The summed E-state index contributed by atoms with van der Waals surface area (Å²) in [6.07, 6.45) is 5.87. The zero-order chi connectivity index (χ0) is 23.0. The van der Waals surface area contributed by atoms with Crippen LogP contribution in [0.3, 0.4) is 0 Å². The lowest BCUT2D eigenvalue weighted by Gasteiger charge is -2.17. The predicted molar refractivity (Wildman–Crippen MR) is 125 cm³/mol. The molecule has 1 N–H and O–H groups in total. The fourth-order valence-electron chi connectivity index (χ4n) is 3.93. The fourth-order valence-corrected chi connectivity index (χ4v) is 4.88. The van der Waals surface area contributed by atoms with E-state index >= 15 is 0 Å². The summed E-state index contributed by atoms with van der Waals surface area (Å²) < 4.78 is 33.1. The van der Waals surface area contributed by atoms with Gasteiger partial charge in [-0.2, -0.15) is 0 Å². The van der Waals surface area contributed by atoms with E-state index in [2.05, 4.69) is 9.97 Å². The molecule has 9 nitrogen and oxygen atoms in total. The van der Waals surface area contributed by atoms with Crippen LogP contribution in [0.2, 0.25) is 0 Å². The molecule has 10 heteroatoms. The lowest BCUT2D eigenvalue weighted by molar-refractivity contribution is 0.229. The molecule has 5 rings (SSSR count). The summed E-state index contributed by atoms with van der Waals surface area (Å²) in [5, 5.41) is 8.86. The smallest absolute Gasteiger partial charge is 0.232 e. The Morgan fingerprint density at radius 3 is 2.76 bits per heavy atom. The highest BCUT2D eigenvalue weighted by Gasteiger charge is 2.26. The third-order valence-electron chi connectivity index (χ3n) is 5.58. The minimum Gasteiger partial charge on any atom is -0.478 e. The molecule has 0 fully saturated rings. The second-order valence-corrected chi connectivity index (χ2v) is 9.77. The number of sulfonamides is 1. The Kier molecular flexibility index (Phi) is 5.47. The molecule has 0 amide bonds. The van der Waals surface area contributed by atoms with E-state index in [1.165, 1.54) is 10.6 Å². The number of nitrogens with zero attached hydrogens (tertiary/aromatic N) is 5. The molecule has 0 bridgehead atoms. The van der Waals surface area contributed by atoms with E-state index in [1.54, 1.807) is 18.6 Å². The van der Waals surface area contributed by atoms with E-state index in [-0.39, 0.29) is 6.61 Å². The van der Waals surface area contributed by atoms with E-state index < -0.39 is 10.0 Å². The summed E-state index contributed by atoms with van der Waals surface area (Å²) in [6, 6.07) is 13.2. The zero-order valence-electron chi connectivity index (χ0n) is 18.0. The Bertz CT molecular complexity index is 1420. The second kappa shape index (κ2) is 8.45. The average Bonchev–Trinajstić information content (AvgIpc) is 3.43. The summed E-state index contributed by atoms with van der Waals surface area (Å²) in [5.74, 6) is 0.492. The molecule has 0 atom stereocenters. The summed E-state index contributed by atoms with van der Waals surface area (Å²) in [5.41, 5.74) is 5.47. The molecule has 0 radical (unpaired) electrons. The first kappa shape index (κ1) is 21.4. The molecule has 170 valence electrons. The number of aromatic nitrogens is 4. The molecule has 1 aromatic carbocycles. The number of hydrogen-bond donors (Lipinski definition) is 1. The SMILES string of the molecule is CS(=O)(=O)N1CCc2ccc(-n3cnc4ccc(-c5ccc(OCCCO)nc5)nc43)cc21. The van der Waals surface area contributed by atoms with E-state index in [4.69, 9.17) is 14.8 Å². The van der Waals surface area contributed by atoms with Gasteiger partial charge < -0.3 is 9.84 Å². The van der Waals surface area contributed by atoms with Crippen molar-refractivity contribution < 1.29 is 18.3 Å². The van der Waals surface area contributed by atoms with Crippen molar-refractivity contribution in [3.63, 3.8) is 0 Å². The first-order valence-electron chi connectivity index (χ1n) is 10.6. The second-order valence-electron chi connectivity index (χ2n) is 7.86.